The second kappa shape index (κ2) is 6.33. The van der Waals surface area contributed by atoms with E-state index in [9.17, 15) is 5.11 Å². The van der Waals surface area contributed by atoms with Gasteiger partial charge in [-0.1, -0.05) is 33.3 Å². The Balaban J connectivity index is 2.50. The fourth-order valence-electron chi connectivity index (χ4n) is 2.62. The van der Waals surface area contributed by atoms with Crippen molar-refractivity contribution in [3.8, 4) is 11.6 Å². The van der Waals surface area contributed by atoms with E-state index in [0.717, 1.165) is 36.2 Å². The van der Waals surface area contributed by atoms with Crippen LogP contribution in [0, 0.1) is 13.8 Å². The zero-order valence-electron chi connectivity index (χ0n) is 13.8. The quantitative estimate of drug-likeness (QED) is 0.868. The van der Waals surface area contributed by atoms with Crippen LogP contribution in [0.15, 0.2) is 18.2 Å². The van der Waals surface area contributed by atoms with E-state index in [4.69, 9.17) is 0 Å². The van der Waals surface area contributed by atoms with E-state index in [-0.39, 0.29) is 5.92 Å². The third-order valence-corrected chi connectivity index (χ3v) is 4.05. The highest BCUT2D eigenvalue weighted by Crippen LogP contribution is 2.32. The topological polar surface area (TPSA) is 38.0 Å². The summed E-state index contributed by atoms with van der Waals surface area (Å²) >= 11 is 0. The van der Waals surface area contributed by atoms with Crippen molar-refractivity contribution < 1.29 is 5.11 Å². The molecule has 2 aromatic rings. The standard InChI is InChI=1S/C18H26N2O/c1-6-7-8-16-17(12(2)3)18(21)20(19-16)15-10-9-13(4)14(5)11-15/h9-12,21H,6-8H2,1-5H3. The van der Waals surface area contributed by atoms with Gasteiger partial charge in [-0.2, -0.15) is 5.10 Å². The average Bonchev–Trinajstić information content (AvgIpc) is 2.76. The normalized spacial score (nSPS) is 11.3. The molecular weight excluding hydrogens is 260 g/mol. The van der Waals surface area contributed by atoms with E-state index in [1.165, 1.54) is 11.1 Å². The van der Waals surface area contributed by atoms with Crippen LogP contribution in [0.3, 0.4) is 0 Å². The average molecular weight is 286 g/mol. The molecule has 2 rings (SSSR count). The zero-order chi connectivity index (χ0) is 15.6. The molecule has 1 N–H and O–H groups in total. The molecule has 0 unspecified atom stereocenters. The molecule has 0 saturated carbocycles. The smallest absolute Gasteiger partial charge is 0.217 e. The monoisotopic (exact) mass is 286 g/mol. The van der Waals surface area contributed by atoms with E-state index in [2.05, 4.69) is 51.9 Å². The molecule has 0 spiro atoms. The molecule has 1 aromatic carbocycles. The molecule has 0 bridgehead atoms. The molecule has 1 heterocycles. The maximum atomic E-state index is 10.6. The lowest BCUT2D eigenvalue weighted by Gasteiger charge is -2.08. The lowest BCUT2D eigenvalue weighted by Crippen LogP contribution is -1.98. The van der Waals surface area contributed by atoms with E-state index in [0.29, 0.717) is 5.88 Å². The van der Waals surface area contributed by atoms with Crippen molar-refractivity contribution >= 4 is 0 Å². The predicted molar refractivity (Wildman–Crippen MR) is 87.4 cm³/mol. The maximum Gasteiger partial charge on any atom is 0.217 e. The van der Waals surface area contributed by atoms with Gasteiger partial charge in [0.25, 0.3) is 0 Å². The van der Waals surface area contributed by atoms with Crippen molar-refractivity contribution in [2.24, 2.45) is 0 Å². The number of hydrogen-bond acceptors (Lipinski definition) is 2. The van der Waals surface area contributed by atoms with Gasteiger partial charge in [-0.15, -0.1) is 0 Å². The SMILES string of the molecule is CCCCc1nn(-c2ccc(C)c(C)c2)c(O)c1C(C)C. The van der Waals surface area contributed by atoms with E-state index in [1.54, 1.807) is 4.68 Å². The van der Waals surface area contributed by atoms with Crippen LogP contribution in [0.2, 0.25) is 0 Å². The maximum absolute atomic E-state index is 10.6. The molecule has 0 aliphatic heterocycles. The Bertz CT molecular complexity index is 626. The molecule has 0 fully saturated rings. The summed E-state index contributed by atoms with van der Waals surface area (Å²) in [6, 6.07) is 6.17. The van der Waals surface area contributed by atoms with Gasteiger partial charge < -0.3 is 5.11 Å². The summed E-state index contributed by atoms with van der Waals surface area (Å²) in [6.07, 6.45) is 3.16. The molecule has 1 aromatic heterocycles. The number of aromatic nitrogens is 2. The number of unbranched alkanes of at least 4 members (excludes halogenated alkanes) is 1. The Kier molecular flexibility index (Phi) is 4.71. The van der Waals surface area contributed by atoms with Crippen LogP contribution in [-0.2, 0) is 6.42 Å². The van der Waals surface area contributed by atoms with Gasteiger partial charge in [0.15, 0.2) is 0 Å². The molecule has 21 heavy (non-hydrogen) atoms. The molecule has 3 nitrogen and oxygen atoms in total. The number of aromatic hydroxyl groups is 1. The highest BCUT2D eigenvalue weighted by atomic mass is 16.3. The van der Waals surface area contributed by atoms with Crippen LogP contribution >= 0.6 is 0 Å². The summed E-state index contributed by atoms with van der Waals surface area (Å²) in [4.78, 5) is 0. The Morgan fingerprint density at radius 1 is 1.19 bits per heavy atom. The van der Waals surface area contributed by atoms with Gasteiger partial charge in [0, 0.05) is 5.56 Å². The molecule has 0 amide bonds. The highest BCUT2D eigenvalue weighted by molar-refractivity contribution is 5.45. The summed E-state index contributed by atoms with van der Waals surface area (Å²) in [6.45, 7) is 10.6. The largest absolute Gasteiger partial charge is 0.493 e. The van der Waals surface area contributed by atoms with Gasteiger partial charge in [-0.25, -0.2) is 4.68 Å². The Hall–Kier alpha value is -1.77. The van der Waals surface area contributed by atoms with E-state index < -0.39 is 0 Å². The van der Waals surface area contributed by atoms with Crippen molar-refractivity contribution in [3.05, 3.63) is 40.6 Å². The van der Waals surface area contributed by atoms with Crippen molar-refractivity contribution in [2.45, 2.75) is 59.8 Å². The van der Waals surface area contributed by atoms with Crippen LogP contribution in [0.5, 0.6) is 5.88 Å². The summed E-state index contributed by atoms with van der Waals surface area (Å²) in [5.74, 6) is 0.566. The third kappa shape index (κ3) is 3.12. The molecule has 0 saturated heterocycles. The van der Waals surface area contributed by atoms with Crippen molar-refractivity contribution in [1.82, 2.24) is 9.78 Å². The van der Waals surface area contributed by atoms with Crippen molar-refractivity contribution in [3.63, 3.8) is 0 Å². The zero-order valence-corrected chi connectivity index (χ0v) is 13.8. The summed E-state index contributed by atoms with van der Waals surface area (Å²) < 4.78 is 1.69. The first-order chi connectivity index (χ1) is 9.95. The first-order valence-electron chi connectivity index (χ1n) is 7.84. The molecule has 0 aliphatic rings. The molecule has 0 atom stereocenters. The van der Waals surface area contributed by atoms with Gasteiger partial charge in [0.1, 0.15) is 0 Å². The van der Waals surface area contributed by atoms with Crippen LogP contribution in [0.4, 0.5) is 0 Å². The minimum Gasteiger partial charge on any atom is -0.493 e. The Morgan fingerprint density at radius 2 is 1.90 bits per heavy atom. The van der Waals surface area contributed by atoms with Crippen LogP contribution in [0.25, 0.3) is 5.69 Å². The second-order valence-electron chi connectivity index (χ2n) is 6.12. The lowest BCUT2D eigenvalue weighted by atomic mass is 10.0. The van der Waals surface area contributed by atoms with Gasteiger partial charge in [-0.05, 0) is 55.9 Å². The van der Waals surface area contributed by atoms with Gasteiger partial charge >= 0.3 is 0 Å². The molecule has 0 aliphatic carbocycles. The third-order valence-electron chi connectivity index (χ3n) is 4.05. The van der Waals surface area contributed by atoms with Gasteiger partial charge in [-0.3, -0.25) is 0 Å². The fraction of sp³-hybridized carbons (Fsp3) is 0.500. The van der Waals surface area contributed by atoms with Crippen molar-refractivity contribution in [2.75, 3.05) is 0 Å². The minimum atomic E-state index is 0.275. The number of rotatable bonds is 5. The Labute approximate surface area is 127 Å². The number of aryl methyl sites for hydroxylation is 3. The first kappa shape index (κ1) is 15.6. The van der Waals surface area contributed by atoms with Crippen LogP contribution in [-0.4, -0.2) is 14.9 Å². The second-order valence-corrected chi connectivity index (χ2v) is 6.12. The number of benzene rings is 1. The number of nitrogens with zero attached hydrogens (tertiary/aromatic N) is 2. The molecular formula is C18H26N2O. The Morgan fingerprint density at radius 3 is 2.48 bits per heavy atom. The van der Waals surface area contributed by atoms with Gasteiger partial charge in [0.05, 0.1) is 11.4 Å². The van der Waals surface area contributed by atoms with Gasteiger partial charge in [0.2, 0.25) is 5.88 Å². The van der Waals surface area contributed by atoms with E-state index >= 15 is 0 Å². The summed E-state index contributed by atoms with van der Waals surface area (Å²) in [5.41, 5.74) is 5.41. The number of hydrogen-bond donors (Lipinski definition) is 1. The van der Waals surface area contributed by atoms with Crippen LogP contribution in [0.1, 0.15) is 61.9 Å². The van der Waals surface area contributed by atoms with E-state index in [1.807, 2.05) is 6.07 Å². The predicted octanol–water partition coefficient (Wildman–Crippen LogP) is 4.66. The lowest BCUT2D eigenvalue weighted by molar-refractivity contribution is 0.425. The first-order valence-corrected chi connectivity index (χ1v) is 7.84. The van der Waals surface area contributed by atoms with Crippen molar-refractivity contribution in [1.29, 1.82) is 0 Å². The van der Waals surface area contributed by atoms with Crippen LogP contribution < -0.4 is 0 Å². The molecule has 0 radical (unpaired) electrons. The highest BCUT2D eigenvalue weighted by Gasteiger charge is 2.20. The fourth-order valence-corrected chi connectivity index (χ4v) is 2.62. The summed E-state index contributed by atoms with van der Waals surface area (Å²) in [7, 11) is 0. The molecule has 114 valence electrons. The minimum absolute atomic E-state index is 0.275. The summed E-state index contributed by atoms with van der Waals surface area (Å²) in [5, 5.41) is 15.3. The molecule has 3 heteroatoms.